The lowest BCUT2D eigenvalue weighted by molar-refractivity contribution is -0.141. The van der Waals surface area contributed by atoms with Gasteiger partial charge in [0, 0.05) is 51.8 Å². The number of nitrogens with one attached hydrogen (secondary N) is 3. The molecule has 51 heavy (non-hydrogen) atoms. The fourth-order valence-corrected chi connectivity index (χ4v) is 6.97. The van der Waals surface area contributed by atoms with Crippen LogP contribution in [0.2, 0.25) is 0 Å². The second-order valence-electron chi connectivity index (χ2n) is 15.9. The molecule has 0 saturated heterocycles. The summed E-state index contributed by atoms with van der Waals surface area (Å²) in [4.78, 5) is 65.0. The maximum atomic E-state index is 14.4. The summed E-state index contributed by atoms with van der Waals surface area (Å²) in [6, 6.07) is 6.68. The molecule has 4 amide bonds. The topological polar surface area (TPSA) is 157 Å². The zero-order chi connectivity index (χ0) is 37.7. The second-order valence-corrected chi connectivity index (χ2v) is 15.9. The fraction of sp³-hybridized carbons (Fsp3) is 0.667. The molecular weight excluding hydrogens is 648 g/mol. The molecule has 1 aliphatic rings. The molecule has 284 valence electrons. The predicted octanol–water partition coefficient (Wildman–Crippen LogP) is 4.87. The predicted molar refractivity (Wildman–Crippen MR) is 198 cm³/mol. The number of aromatic nitrogens is 2. The molecule has 12 heteroatoms. The number of hydrogen-bond acceptors (Lipinski definition) is 7. The number of amides is 4. The molecule has 0 radical (unpaired) electrons. The van der Waals surface area contributed by atoms with Gasteiger partial charge in [0.2, 0.25) is 17.7 Å². The number of nitrogens with zero attached hydrogens (tertiary/aromatic N) is 3. The average Bonchev–Trinajstić information content (AvgIpc) is 3.58. The molecule has 12 nitrogen and oxygen atoms in total. The maximum absolute atomic E-state index is 14.4. The Balaban J connectivity index is 1.93. The number of carbonyl (C=O) groups is 4. The van der Waals surface area contributed by atoms with Gasteiger partial charge in [0.25, 0.3) is 0 Å². The summed E-state index contributed by atoms with van der Waals surface area (Å²) in [7, 11) is 5.00. The third-order valence-corrected chi connectivity index (χ3v) is 9.53. The molecule has 4 N–H and O–H groups in total. The van der Waals surface area contributed by atoms with E-state index in [-0.39, 0.29) is 31.1 Å². The normalized spacial score (nSPS) is 16.7. The van der Waals surface area contributed by atoms with Crippen LogP contribution in [-0.4, -0.2) is 99.7 Å². The van der Waals surface area contributed by atoms with Crippen LogP contribution in [0.5, 0.6) is 0 Å². The average molecular weight is 711 g/mol. The first-order valence-corrected chi connectivity index (χ1v) is 18.5. The van der Waals surface area contributed by atoms with Gasteiger partial charge in [-0.15, -0.1) is 0 Å². The van der Waals surface area contributed by atoms with Crippen LogP contribution in [0, 0.1) is 17.8 Å². The largest absolute Gasteiger partial charge is 0.444 e. The van der Waals surface area contributed by atoms with Crippen molar-refractivity contribution in [2.24, 2.45) is 17.8 Å². The summed E-state index contributed by atoms with van der Waals surface area (Å²) in [5.74, 6) is -0.782. The summed E-state index contributed by atoms with van der Waals surface area (Å²) in [5.41, 5.74) is 0.694. The Hall–Kier alpha value is -3.93. The lowest BCUT2D eigenvalue weighted by Gasteiger charge is -2.35. The molecule has 1 fully saturated rings. The Bertz CT molecular complexity index is 1370. The van der Waals surface area contributed by atoms with Crippen LogP contribution in [0.3, 0.4) is 0 Å². The standard InChI is InChI=1S/C39H62N6O6/c1-26(2)19-29(36(48)44(6)7)22-34(46)31(20-27-15-11-9-12-16-27)42-35(47)33(23-30-24-40-25-41-30)45(8)37(49)32(21-28-17-13-10-14-18-28)43-38(50)51-39(3,4)5/h10,13-14,17-18,24-27,29,31-34,46H,9,11-12,15-16,19-23H2,1-8H3,(H,40,41)(H,42,47)(H,43,50)/t29-,31+,32+,33+,34+/m1/s1. The molecule has 2 aromatic rings. The van der Waals surface area contributed by atoms with Gasteiger partial charge in [0.05, 0.1) is 18.5 Å². The van der Waals surface area contributed by atoms with Crippen LogP contribution in [0.25, 0.3) is 0 Å². The van der Waals surface area contributed by atoms with Crippen molar-refractivity contribution in [3.05, 3.63) is 54.1 Å². The number of likely N-dealkylation sites (N-methyl/N-ethyl adjacent to an activating group) is 1. The lowest BCUT2D eigenvalue weighted by Crippen LogP contribution is -2.58. The Morgan fingerprint density at radius 1 is 0.961 bits per heavy atom. The number of ether oxygens (including phenoxy) is 1. The van der Waals surface area contributed by atoms with Crippen molar-refractivity contribution in [1.29, 1.82) is 0 Å². The maximum Gasteiger partial charge on any atom is 0.408 e. The number of rotatable bonds is 17. The Kier molecular flexibility index (Phi) is 16.0. The first kappa shape index (κ1) is 41.5. The molecule has 1 saturated carbocycles. The number of hydrogen-bond donors (Lipinski definition) is 4. The number of imidazole rings is 1. The smallest absolute Gasteiger partial charge is 0.408 e. The SMILES string of the molecule is CC(C)C[C@H](C[C@H](O)[C@H](CC1CCCCC1)NC(=O)[C@H](Cc1cnc[nH]1)N(C)C(=O)[C@H](Cc1ccccc1)NC(=O)OC(C)(C)C)C(=O)N(C)C. The first-order chi connectivity index (χ1) is 24.0. The minimum Gasteiger partial charge on any atom is -0.444 e. The van der Waals surface area contributed by atoms with E-state index in [0.29, 0.717) is 24.5 Å². The van der Waals surface area contributed by atoms with Crippen molar-refractivity contribution in [1.82, 2.24) is 30.4 Å². The van der Waals surface area contributed by atoms with Gasteiger partial charge in [-0.2, -0.15) is 0 Å². The minimum absolute atomic E-state index is 0.0464. The molecule has 1 aromatic carbocycles. The Morgan fingerprint density at radius 3 is 2.20 bits per heavy atom. The number of carbonyl (C=O) groups excluding carboxylic acids is 4. The number of aliphatic hydroxyl groups excluding tert-OH is 1. The molecule has 3 rings (SSSR count). The quantitative estimate of drug-likeness (QED) is 0.183. The molecular formula is C39H62N6O6. The Labute approximate surface area is 304 Å². The highest BCUT2D eigenvalue weighted by Gasteiger charge is 2.37. The van der Waals surface area contributed by atoms with E-state index < -0.39 is 53.7 Å². The van der Waals surface area contributed by atoms with E-state index in [4.69, 9.17) is 4.74 Å². The number of alkyl carbamates (subject to hydrolysis) is 1. The molecule has 1 aromatic heterocycles. The minimum atomic E-state index is -1.03. The summed E-state index contributed by atoms with van der Waals surface area (Å²) < 4.78 is 5.50. The summed E-state index contributed by atoms with van der Waals surface area (Å²) >= 11 is 0. The van der Waals surface area contributed by atoms with Crippen LogP contribution in [0.15, 0.2) is 42.9 Å². The number of aliphatic hydroxyl groups is 1. The molecule has 0 spiro atoms. The van der Waals surface area contributed by atoms with Gasteiger partial charge in [-0.3, -0.25) is 14.4 Å². The third kappa shape index (κ3) is 14.0. The number of H-pyrrole nitrogens is 1. The van der Waals surface area contributed by atoms with Gasteiger partial charge in [-0.1, -0.05) is 76.3 Å². The van der Waals surface area contributed by atoms with Crippen molar-refractivity contribution in [3.8, 4) is 0 Å². The molecule has 1 aliphatic carbocycles. The zero-order valence-corrected chi connectivity index (χ0v) is 32.0. The van der Waals surface area contributed by atoms with E-state index >= 15 is 0 Å². The monoisotopic (exact) mass is 710 g/mol. The van der Waals surface area contributed by atoms with Crippen molar-refractivity contribution < 1.29 is 29.0 Å². The zero-order valence-electron chi connectivity index (χ0n) is 32.0. The van der Waals surface area contributed by atoms with E-state index in [9.17, 15) is 24.3 Å². The molecule has 0 bridgehead atoms. The van der Waals surface area contributed by atoms with E-state index in [1.807, 2.05) is 30.3 Å². The van der Waals surface area contributed by atoms with Crippen LogP contribution >= 0.6 is 0 Å². The fourth-order valence-electron chi connectivity index (χ4n) is 6.97. The third-order valence-electron chi connectivity index (χ3n) is 9.53. The van der Waals surface area contributed by atoms with E-state index in [1.165, 1.54) is 17.6 Å². The van der Waals surface area contributed by atoms with Crippen molar-refractivity contribution in [3.63, 3.8) is 0 Å². The van der Waals surface area contributed by atoms with E-state index in [2.05, 4.69) is 34.4 Å². The second kappa shape index (κ2) is 19.6. The summed E-state index contributed by atoms with van der Waals surface area (Å²) in [6.07, 6.45) is 8.52. The highest BCUT2D eigenvalue weighted by Crippen LogP contribution is 2.30. The van der Waals surface area contributed by atoms with Crippen molar-refractivity contribution >= 4 is 23.8 Å². The number of benzene rings is 1. The molecule has 5 atom stereocenters. The van der Waals surface area contributed by atoms with Gasteiger partial charge in [-0.25, -0.2) is 9.78 Å². The van der Waals surface area contributed by atoms with E-state index in [1.54, 1.807) is 53.0 Å². The van der Waals surface area contributed by atoms with Gasteiger partial charge in [0.15, 0.2) is 0 Å². The highest BCUT2D eigenvalue weighted by molar-refractivity contribution is 5.91. The van der Waals surface area contributed by atoms with Gasteiger partial charge < -0.3 is 35.3 Å². The summed E-state index contributed by atoms with van der Waals surface area (Å²) in [5, 5.41) is 17.7. The molecule has 0 unspecified atom stereocenters. The van der Waals surface area contributed by atoms with Crippen LogP contribution in [-0.2, 0) is 32.0 Å². The van der Waals surface area contributed by atoms with Gasteiger partial charge in [0.1, 0.15) is 17.7 Å². The molecule has 0 aliphatic heterocycles. The van der Waals surface area contributed by atoms with Crippen LogP contribution in [0.4, 0.5) is 4.79 Å². The molecule has 1 heterocycles. The van der Waals surface area contributed by atoms with Crippen LogP contribution < -0.4 is 10.6 Å². The van der Waals surface area contributed by atoms with Crippen molar-refractivity contribution in [2.75, 3.05) is 21.1 Å². The lowest BCUT2D eigenvalue weighted by atomic mass is 9.81. The summed E-state index contributed by atoms with van der Waals surface area (Å²) in [6.45, 7) is 9.35. The highest BCUT2D eigenvalue weighted by atomic mass is 16.6. The number of aromatic amines is 1. The van der Waals surface area contributed by atoms with Crippen LogP contribution in [0.1, 0.15) is 97.2 Å². The van der Waals surface area contributed by atoms with E-state index in [0.717, 1.165) is 31.2 Å². The van der Waals surface area contributed by atoms with Gasteiger partial charge in [-0.05, 0) is 57.4 Å². The first-order valence-electron chi connectivity index (χ1n) is 18.5. The van der Waals surface area contributed by atoms with Crippen molar-refractivity contribution in [2.45, 2.75) is 129 Å². The Morgan fingerprint density at radius 2 is 1.63 bits per heavy atom. The van der Waals surface area contributed by atoms with Gasteiger partial charge >= 0.3 is 6.09 Å².